The van der Waals surface area contributed by atoms with Crippen molar-refractivity contribution in [2.24, 2.45) is 0 Å². The molecule has 4 rings (SSSR count). The van der Waals surface area contributed by atoms with Crippen LogP contribution in [0.1, 0.15) is 34.5 Å². The third-order valence-corrected chi connectivity index (χ3v) is 4.28. The third-order valence-electron chi connectivity index (χ3n) is 4.28. The second-order valence-corrected chi connectivity index (χ2v) is 6.08. The van der Waals surface area contributed by atoms with E-state index >= 15 is 0 Å². The van der Waals surface area contributed by atoms with Crippen LogP contribution in [0.2, 0.25) is 0 Å². The molecule has 0 saturated carbocycles. The van der Waals surface area contributed by atoms with Crippen LogP contribution in [-0.2, 0) is 10.5 Å². The predicted molar refractivity (Wildman–Crippen MR) is 93.8 cm³/mol. The first kappa shape index (κ1) is 15.3. The first-order valence-electron chi connectivity index (χ1n) is 8.08. The van der Waals surface area contributed by atoms with Crippen LogP contribution in [0.5, 0.6) is 0 Å². The third kappa shape index (κ3) is 2.54. The van der Waals surface area contributed by atoms with Crippen LogP contribution >= 0.6 is 0 Å². The maximum Gasteiger partial charge on any atom is 0.227 e. The van der Waals surface area contributed by atoms with Gasteiger partial charge in [0.2, 0.25) is 17.3 Å². The zero-order chi connectivity index (χ0) is 17.4. The number of benzene rings is 2. The zero-order valence-corrected chi connectivity index (χ0v) is 14.0. The van der Waals surface area contributed by atoms with Crippen LogP contribution < -0.4 is 0 Å². The summed E-state index contributed by atoms with van der Waals surface area (Å²) < 4.78 is 7.96. The van der Waals surface area contributed by atoms with Gasteiger partial charge in [-0.3, -0.25) is 4.79 Å². The fourth-order valence-electron chi connectivity index (χ4n) is 3.02. The molecule has 2 heterocycles. The van der Waals surface area contributed by atoms with Crippen LogP contribution in [0.3, 0.4) is 0 Å². The van der Waals surface area contributed by atoms with Crippen molar-refractivity contribution in [3.8, 4) is 0 Å². The molecule has 1 unspecified atom stereocenters. The Morgan fingerprint density at radius 2 is 1.64 bits per heavy atom. The molecule has 0 N–H and O–H groups in total. The Balaban J connectivity index is 1.94. The number of rotatable bonds is 2. The lowest BCUT2D eigenvalue weighted by molar-refractivity contribution is 0.0122. The number of aryl methyl sites for hydroxylation is 1. The summed E-state index contributed by atoms with van der Waals surface area (Å²) in [5.41, 5.74) is 0.740. The molecule has 5 heteroatoms. The Morgan fingerprint density at radius 1 is 1.00 bits per heavy atom. The van der Waals surface area contributed by atoms with Crippen LogP contribution in [0.25, 0.3) is 5.76 Å². The van der Waals surface area contributed by atoms with Crippen LogP contribution in [0.15, 0.2) is 66.7 Å². The van der Waals surface area contributed by atoms with E-state index in [0.717, 1.165) is 11.1 Å². The van der Waals surface area contributed by atoms with Gasteiger partial charge in [-0.1, -0.05) is 60.7 Å². The lowest BCUT2D eigenvalue weighted by atomic mass is 10.0. The molecule has 1 atom stereocenters. The topological polar surface area (TPSA) is 57.0 Å². The van der Waals surface area contributed by atoms with Gasteiger partial charge in [0.05, 0.1) is 0 Å². The van der Waals surface area contributed by atoms with Gasteiger partial charge in [0, 0.05) is 24.1 Å². The van der Waals surface area contributed by atoms with E-state index in [-0.39, 0.29) is 11.6 Å². The molecule has 0 fully saturated rings. The second-order valence-electron chi connectivity index (χ2n) is 6.08. The van der Waals surface area contributed by atoms with E-state index in [0.29, 0.717) is 11.6 Å². The van der Waals surface area contributed by atoms with Crippen molar-refractivity contribution in [3.05, 3.63) is 89.5 Å². The summed E-state index contributed by atoms with van der Waals surface area (Å²) in [5, 5.41) is 4.45. The van der Waals surface area contributed by atoms with Gasteiger partial charge in [0.15, 0.2) is 0 Å². The number of carbonyl (C=O) groups excluding carboxylic acids is 1. The SMILES string of the molecule is Cc1nc2n(n1)C(C)(c1ccccc1)OC(c1ccccc1)=CC2=O. The normalized spacial score (nSPS) is 19.6. The van der Waals surface area contributed by atoms with Crippen molar-refractivity contribution in [1.82, 2.24) is 14.8 Å². The predicted octanol–water partition coefficient (Wildman–Crippen LogP) is 3.56. The number of nitrogens with zero attached hydrogens (tertiary/aromatic N) is 3. The zero-order valence-electron chi connectivity index (χ0n) is 14.0. The summed E-state index contributed by atoms with van der Waals surface area (Å²) in [4.78, 5) is 17.1. The van der Waals surface area contributed by atoms with Crippen molar-refractivity contribution in [1.29, 1.82) is 0 Å². The fourth-order valence-corrected chi connectivity index (χ4v) is 3.02. The van der Waals surface area contributed by atoms with E-state index in [4.69, 9.17) is 4.74 Å². The molecule has 0 aliphatic carbocycles. The minimum absolute atomic E-state index is 0.223. The summed E-state index contributed by atoms with van der Waals surface area (Å²) in [7, 11) is 0. The number of fused-ring (bicyclic) bond motifs is 1. The Kier molecular flexibility index (Phi) is 3.50. The van der Waals surface area contributed by atoms with Gasteiger partial charge in [-0.2, -0.15) is 9.78 Å². The number of ether oxygens (including phenoxy) is 1. The van der Waals surface area contributed by atoms with Gasteiger partial charge in [0.1, 0.15) is 11.6 Å². The summed E-state index contributed by atoms with van der Waals surface area (Å²) in [6, 6.07) is 19.3. The molecule has 0 bridgehead atoms. The Bertz CT molecular complexity index is 961. The summed E-state index contributed by atoms with van der Waals surface area (Å²) in [5.74, 6) is 1.08. The summed E-state index contributed by atoms with van der Waals surface area (Å²) in [6.45, 7) is 3.66. The quantitative estimate of drug-likeness (QED) is 0.720. The molecule has 124 valence electrons. The highest BCUT2D eigenvalue weighted by atomic mass is 16.5. The van der Waals surface area contributed by atoms with Crippen LogP contribution in [-0.4, -0.2) is 20.5 Å². The van der Waals surface area contributed by atoms with E-state index in [1.54, 1.807) is 11.6 Å². The van der Waals surface area contributed by atoms with E-state index in [1.807, 2.05) is 67.6 Å². The molecule has 1 aliphatic heterocycles. The molecule has 0 saturated heterocycles. The molecule has 0 spiro atoms. The second kappa shape index (κ2) is 5.70. The number of carbonyl (C=O) groups is 1. The van der Waals surface area contributed by atoms with Crippen LogP contribution in [0, 0.1) is 6.92 Å². The van der Waals surface area contributed by atoms with Gasteiger partial charge in [-0.15, -0.1) is 0 Å². The lowest BCUT2D eigenvalue weighted by Crippen LogP contribution is -2.36. The molecule has 25 heavy (non-hydrogen) atoms. The molecule has 1 aliphatic rings. The van der Waals surface area contributed by atoms with Gasteiger partial charge in [0.25, 0.3) is 0 Å². The highest BCUT2D eigenvalue weighted by molar-refractivity contribution is 6.06. The van der Waals surface area contributed by atoms with E-state index < -0.39 is 5.72 Å². The van der Waals surface area contributed by atoms with E-state index in [9.17, 15) is 4.79 Å². The molecule has 5 nitrogen and oxygen atoms in total. The number of ketones is 1. The molecule has 1 aromatic heterocycles. The smallest absolute Gasteiger partial charge is 0.227 e. The largest absolute Gasteiger partial charge is 0.461 e. The highest BCUT2D eigenvalue weighted by Gasteiger charge is 2.39. The van der Waals surface area contributed by atoms with Gasteiger partial charge >= 0.3 is 0 Å². The van der Waals surface area contributed by atoms with Crippen molar-refractivity contribution < 1.29 is 9.53 Å². The first-order valence-corrected chi connectivity index (χ1v) is 8.08. The number of hydrogen-bond acceptors (Lipinski definition) is 4. The van der Waals surface area contributed by atoms with E-state index in [2.05, 4.69) is 10.1 Å². The van der Waals surface area contributed by atoms with Gasteiger partial charge < -0.3 is 4.74 Å². The Labute approximate surface area is 145 Å². The van der Waals surface area contributed by atoms with Crippen molar-refractivity contribution >= 4 is 11.5 Å². The van der Waals surface area contributed by atoms with Crippen molar-refractivity contribution in [3.63, 3.8) is 0 Å². The average Bonchev–Trinajstić information content (AvgIpc) is 3.01. The lowest BCUT2D eigenvalue weighted by Gasteiger charge is -2.31. The molecule has 0 amide bonds. The summed E-state index contributed by atoms with van der Waals surface area (Å²) >= 11 is 0. The molecular weight excluding hydrogens is 314 g/mol. The number of aromatic nitrogens is 3. The summed E-state index contributed by atoms with van der Waals surface area (Å²) in [6.07, 6.45) is 1.49. The number of hydrogen-bond donors (Lipinski definition) is 0. The average molecular weight is 331 g/mol. The molecular formula is C20H17N3O2. The van der Waals surface area contributed by atoms with Gasteiger partial charge in [-0.25, -0.2) is 4.98 Å². The maximum atomic E-state index is 12.7. The van der Waals surface area contributed by atoms with Crippen molar-refractivity contribution in [2.45, 2.75) is 19.6 Å². The minimum Gasteiger partial charge on any atom is -0.461 e. The standard InChI is InChI=1S/C20H17N3O2/c1-14-21-19-17(24)13-18(15-9-5-3-6-10-15)25-20(2,23(19)22-14)16-11-7-4-8-12-16/h3-13H,1-2H3. The van der Waals surface area contributed by atoms with Crippen LogP contribution in [0.4, 0.5) is 0 Å². The Morgan fingerprint density at radius 3 is 2.32 bits per heavy atom. The van der Waals surface area contributed by atoms with E-state index in [1.165, 1.54) is 6.08 Å². The molecule has 2 aromatic carbocycles. The Hall–Kier alpha value is -3.21. The highest BCUT2D eigenvalue weighted by Crippen LogP contribution is 2.36. The molecule has 3 aromatic rings. The fraction of sp³-hybridized carbons (Fsp3) is 0.150. The maximum absolute atomic E-state index is 12.7. The minimum atomic E-state index is -0.980. The first-order chi connectivity index (χ1) is 12.1. The number of allylic oxidation sites excluding steroid dienone is 1. The van der Waals surface area contributed by atoms with Crippen molar-refractivity contribution in [2.75, 3.05) is 0 Å². The van der Waals surface area contributed by atoms with Gasteiger partial charge in [-0.05, 0) is 6.92 Å². The molecule has 0 radical (unpaired) electrons. The monoisotopic (exact) mass is 331 g/mol.